The second-order valence-corrected chi connectivity index (χ2v) is 5.73. The highest BCUT2D eigenvalue weighted by Gasteiger charge is 2.26. The van der Waals surface area contributed by atoms with E-state index in [9.17, 15) is 9.59 Å². The van der Waals surface area contributed by atoms with Gasteiger partial charge >= 0.3 is 5.97 Å². The number of carbonyl (C=O) groups excluding carboxylic acids is 2. The van der Waals surface area contributed by atoms with Crippen LogP contribution in [0.15, 0.2) is 42.5 Å². The topological polar surface area (TPSA) is 52.6 Å². The van der Waals surface area contributed by atoms with Crippen molar-refractivity contribution in [1.29, 1.82) is 0 Å². The van der Waals surface area contributed by atoms with E-state index in [2.05, 4.69) is 0 Å². The maximum Gasteiger partial charge on any atom is 0.352 e. The van der Waals surface area contributed by atoms with Gasteiger partial charge in [0.25, 0.3) is 6.47 Å². The Bertz CT molecular complexity index is 718. The number of hydrogen-bond acceptors (Lipinski definition) is 4. The predicted molar refractivity (Wildman–Crippen MR) is 87.6 cm³/mol. The highest BCUT2D eigenvalue weighted by atomic mass is 35.5. The molecule has 2 aromatic carbocycles. The Morgan fingerprint density at radius 3 is 2.48 bits per heavy atom. The Hall–Kier alpha value is -1.75. The molecular formula is C16H11Cl3O4. The molecule has 0 aliphatic rings. The molecule has 0 N–H and O–H groups in total. The van der Waals surface area contributed by atoms with E-state index in [1.54, 1.807) is 24.3 Å². The van der Waals surface area contributed by atoms with E-state index < -0.39 is 12.1 Å². The van der Waals surface area contributed by atoms with Gasteiger partial charge in [0.1, 0.15) is 6.61 Å². The summed E-state index contributed by atoms with van der Waals surface area (Å²) in [6, 6.07) is 11.4. The Kier molecular flexibility index (Phi) is 6.28. The van der Waals surface area contributed by atoms with Gasteiger partial charge in [-0.2, -0.15) is 0 Å². The summed E-state index contributed by atoms with van der Waals surface area (Å²) in [6.45, 7) is 0.106. The molecule has 2 aromatic rings. The fourth-order valence-corrected chi connectivity index (χ4v) is 2.56. The van der Waals surface area contributed by atoms with Crippen molar-refractivity contribution in [3.8, 4) is 0 Å². The highest BCUT2D eigenvalue weighted by molar-refractivity contribution is 6.35. The minimum Gasteiger partial charge on any atom is -0.458 e. The average Bonchev–Trinajstić information content (AvgIpc) is 2.52. The van der Waals surface area contributed by atoms with Crippen LogP contribution < -0.4 is 0 Å². The van der Waals surface area contributed by atoms with Crippen LogP contribution in [0.5, 0.6) is 0 Å². The van der Waals surface area contributed by atoms with Crippen LogP contribution in [0.25, 0.3) is 0 Å². The molecule has 0 radical (unpaired) electrons. The molecule has 0 aliphatic heterocycles. The summed E-state index contributed by atoms with van der Waals surface area (Å²) >= 11 is 17.8. The molecule has 0 aromatic heterocycles. The van der Waals surface area contributed by atoms with Gasteiger partial charge in [0.2, 0.25) is 6.10 Å². The Labute approximate surface area is 147 Å². The van der Waals surface area contributed by atoms with Crippen molar-refractivity contribution in [2.24, 2.45) is 0 Å². The largest absolute Gasteiger partial charge is 0.458 e. The molecule has 0 aliphatic carbocycles. The first-order chi connectivity index (χ1) is 11.0. The van der Waals surface area contributed by atoms with Crippen LogP contribution >= 0.6 is 34.8 Å². The molecular weight excluding hydrogens is 363 g/mol. The van der Waals surface area contributed by atoms with E-state index in [1.165, 1.54) is 18.2 Å². The zero-order valence-electron chi connectivity index (χ0n) is 11.7. The predicted octanol–water partition coefficient (Wildman–Crippen LogP) is 4.60. The average molecular weight is 374 g/mol. The quantitative estimate of drug-likeness (QED) is 0.548. The van der Waals surface area contributed by atoms with Gasteiger partial charge in [0, 0.05) is 26.2 Å². The van der Waals surface area contributed by atoms with Crippen LogP contribution in [0.4, 0.5) is 0 Å². The van der Waals surface area contributed by atoms with Crippen molar-refractivity contribution in [2.45, 2.75) is 12.7 Å². The third kappa shape index (κ3) is 4.61. The molecule has 23 heavy (non-hydrogen) atoms. The summed E-state index contributed by atoms with van der Waals surface area (Å²) < 4.78 is 9.98. The molecule has 0 spiro atoms. The number of ether oxygens (including phenoxy) is 2. The number of hydrogen-bond donors (Lipinski definition) is 0. The lowest BCUT2D eigenvalue weighted by molar-refractivity contribution is -0.163. The van der Waals surface area contributed by atoms with Gasteiger partial charge in [-0.25, -0.2) is 4.79 Å². The van der Waals surface area contributed by atoms with Crippen LogP contribution in [-0.2, 0) is 25.7 Å². The molecule has 7 heteroatoms. The molecule has 0 bridgehead atoms. The number of esters is 1. The summed E-state index contributed by atoms with van der Waals surface area (Å²) in [7, 11) is 0. The lowest BCUT2D eigenvalue weighted by Crippen LogP contribution is -2.19. The fraction of sp³-hybridized carbons (Fsp3) is 0.125. The molecule has 0 heterocycles. The Morgan fingerprint density at radius 2 is 1.83 bits per heavy atom. The minimum atomic E-state index is -1.28. The molecule has 1 atom stereocenters. The fourth-order valence-electron chi connectivity index (χ4n) is 1.87. The normalized spacial score (nSPS) is 11.6. The van der Waals surface area contributed by atoms with Crippen molar-refractivity contribution < 1.29 is 19.1 Å². The van der Waals surface area contributed by atoms with Crippen molar-refractivity contribution in [2.75, 3.05) is 0 Å². The molecule has 120 valence electrons. The third-order valence-electron chi connectivity index (χ3n) is 2.98. The van der Waals surface area contributed by atoms with Gasteiger partial charge in [0.15, 0.2) is 0 Å². The third-order valence-corrected chi connectivity index (χ3v) is 3.91. The first kappa shape index (κ1) is 17.6. The number of rotatable bonds is 6. The van der Waals surface area contributed by atoms with Crippen molar-refractivity contribution in [1.82, 2.24) is 0 Å². The molecule has 0 saturated carbocycles. The maximum atomic E-state index is 12.2. The SMILES string of the molecule is O=COC(C(=O)OCc1ccccc1Cl)c1ccc(Cl)cc1Cl. The standard InChI is InChI=1S/C16H11Cl3O4/c17-11-5-6-12(14(19)7-11)15(23-9-20)16(21)22-8-10-3-1-2-4-13(10)18/h1-7,9,15H,8H2. The monoisotopic (exact) mass is 372 g/mol. The number of benzene rings is 2. The van der Waals surface area contributed by atoms with Crippen molar-refractivity contribution >= 4 is 47.2 Å². The van der Waals surface area contributed by atoms with E-state index in [0.29, 0.717) is 15.6 Å². The smallest absolute Gasteiger partial charge is 0.352 e. The van der Waals surface area contributed by atoms with Crippen molar-refractivity contribution in [3.63, 3.8) is 0 Å². The molecule has 0 saturated heterocycles. The van der Waals surface area contributed by atoms with Crippen LogP contribution in [0, 0.1) is 0 Å². The zero-order chi connectivity index (χ0) is 16.8. The first-order valence-electron chi connectivity index (χ1n) is 6.47. The van der Waals surface area contributed by atoms with Crippen LogP contribution in [-0.4, -0.2) is 12.4 Å². The van der Waals surface area contributed by atoms with Crippen LogP contribution in [0.2, 0.25) is 15.1 Å². The summed E-state index contributed by atoms with van der Waals surface area (Å²) in [5.41, 5.74) is 0.918. The van der Waals surface area contributed by atoms with E-state index in [1.807, 2.05) is 0 Å². The van der Waals surface area contributed by atoms with E-state index in [-0.39, 0.29) is 23.7 Å². The van der Waals surface area contributed by atoms with Gasteiger partial charge in [-0.1, -0.05) is 59.1 Å². The van der Waals surface area contributed by atoms with Crippen LogP contribution in [0.3, 0.4) is 0 Å². The molecule has 0 amide bonds. The van der Waals surface area contributed by atoms with Gasteiger partial charge < -0.3 is 9.47 Å². The maximum absolute atomic E-state index is 12.2. The van der Waals surface area contributed by atoms with Gasteiger partial charge in [-0.05, 0) is 18.2 Å². The molecule has 0 fully saturated rings. The molecule has 2 rings (SSSR count). The Morgan fingerprint density at radius 1 is 1.09 bits per heavy atom. The second-order valence-electron chi connectivity index (χ2n) is 4.48. The summed E-state index contributed by atoms with van der Waals surface area (Å²) in [5.74, 6) is -0.763. The lowest BCUT2D eigenvalue weighted by Gasteiger charge is -2.16. The number of carbonyl (C=O) groups is 2. The minimum absolute atomic E-state index is 0.0531. The summed E-state index contributed by atoms with van der Waals surface area (Å²) in [4.78, 5) is 22.9. The lowest BCUT2D eigenvalue weighted by atomic mass is 10.1. The molecule has 1 unspecified atom stereocenters. The van der Waals surface area contributed by atoms with Gasteiger partial charge in [-0.3, -0.25) is 4.79 Å². The van der Waals surface area contributed by atoms with Gasteiger partial charge in [-0.15, -0.1) is 0 Å². The van der Waals surface area contributed by atoms with Crippen LogP contribution in [0.1, 0.15) is 17.2 Å². The van der Waals surface area contributed by atoms with Crippen molar-refractivity contribution in [3.05, 3.63) is 68.7 Å². The summed E-state index contributed by atoms with van der Waals surface area (Å²) in [5, 5.41) is 1.06. The molecule has 4 nitrogen and oxygen atoms in total. The highest BCUT2D eigenvalue weighted by Crippen LogP contribution is 2.29. The van der Waals surface area contributed by atoms with Gasteiger partial charge in [0.05, 0.1) is 0 Å². The van der Waals surface area contributed by atoms with E-state index in [4.69, 9.17) is 44.3 Å². The second kappa shape index (κ2) is 8.20. The number of halogens is 3. The zero-order valence-corrected chi connectivity index (χ0v) is 13.9. The first-order valence-corrected chi connectivity index (χ1v) is 7.60. The van der Waals surface area contributed by atoms with E-state index in [0.717, 1.165) is 0 Å². The summed E-state index contributed by atoms with van der Waals surface area (Å²) in [6.07, 6.45) is -1.28. The Balaban J connectivity index is 2.15. The van der Waals surface area contributed by atoms with E-state index >= 15 is 0 Å².